The Balaban J connectivity index is 2.69. The Morgan fingerprint density at radius 2 is 2.33 bits per heavy atom. The molecule has 1 aromatic rings. The first-order valence-electron chi connectivity index (χ1n) is 4.13. The van der Waals surface area contributed by atoms with E-state index in [1.54, 1.807) is 6.20 Å². The maximum atomic E-state index is 5.67. The second-order valence-corrected chi connectivity index (χ2v) is 3.09. The number of nitrogens with two attached hydrogens (primary N) is 2. The second-order valence-electron chi connectivity index (χ2n) is 3.09. The molecule has 0 saturated carbocycles. The molecule has 0 aromatic carbocycles. The first-order chi connectivity index (χ1) is 5.74. The minimum Gasteiger partial charge on any atom is -0.383 e. The van der Waals surface area contributed by atoms with Crippen LogP contribution in [0.2, 0.25) is 0 Å². The van der Waals surface area contributed by atoms with Crippen LogP contribution in [0, 0.1) is 5.92 Å². The summed E-state index contributed by atoms with van der Waals surface area (Å²) in [5.74, 6) is 1.09. The van der Waals surface area contributed by atoms with Gasteiger partial charge < -0.3 is 11.5 Å². The molecular weight excluding hydrogens is 150 g/mol. The van der Waals surface area contributed by atoms with Gasteiger partial charge in [0.1, 0.15) is 5.82 Å². The van der Waals surface area contributed by atoms with Gasteiger partial charge in [-0.05, 0) is 30.5 Å². The van der Waals surface area contributed by atoms with Gasteiger partial charge in [0.25, 0.3) is 0 Å². The molecule has 12 heavy (non-hydrogen) atoms. The van der Waals surface area contributed by atoms with Gasteiger partial charge in [-0.25, -0.2) is 4.98 Å². The lowest BCUT2D eigenvalue weighted by molar-refractivity contribution is 0.593. The standard InChI is InChI=1S/C9H15N3/c1-7(6-10)5-8-3-2-4-12-9(8)11/h2-4,7H,5-6,10H2,1H3,(H2,11,12). The number of anilines is 1. The number of aromatic nitrogens is 1. The molecular formula is C9H15N3. The van der Waals surface area contributed by atoms with Crippen LogP contribution in [0.5, 0.6) is 0 Å². The van der Waals surface area contributed by atoms with Crippen LogP contribution in [0.4, 0.5) is 5.82 Å². The normalized spacial score (nSPS) is 12.8. The van der Waals surface area contributed by atoms with Gasteiger partial charge in [-0.2, -0.15) is 0 Å². The van der Waals surface area contributed by atoms with E-state index in [4.69, 9.17) is 11.5 Å². The van der Waals surface area contributed by atoms with Gasteiger partial charge in [-0.1, -0.05) is 13.0 Å². The van der Waals surface area contributed by atoms with Crippen LogP contribution < -0.4 is 11.5 Å². The molecule has 1 rings (SSSR count). The van der Waals surface area contributed by atoms with E-state index in [1.165, 1.54) is 0 Å². The van der Waals surface area contributed by atoms with Gasteiger partial charge in [0.05, 0.1) is 0 Å². The van der Waals surface area contributed by atoms with E-state index in [0.29, 0.717) is 18.3 Å². The molecule has 0 fully saturated rings. The molecule has 0 aliphatic rings. The number of rotatable bonds is 3. The fourth-order valence-corrected chi connectivity index (χ4v) is 1.08. The highest BCUT2D eigenvalue weighted by Crippen LogP contribution is 2.11. The molecule has 0 radical (unpaired) electrons. The zero-order valence-electron chi connectivity index (χ0n) is 7.33. The lowest BCUT2D eigenvalue weighted by atomic mass is 10.0. The fourth-order valence-electron chi connectivity index (χ4n) is 1.08. The maximum absolute atomic E-state index is 5.67. The molecule has 0 aliphatic carbocycles. The van der Waals surface area contributed by atoms with Crippen molar-refractivity contribution in [1.29, 1.82) is 0 Å². The van der Waals surface area contributed by atoms with Crippen LogP contribution in [-0.4, -0.2) is 11.5 Å². The topological polar surface area (TPSA) is 64.9 Å². The molecule has 0 aliphatic heterocycles. The van der Waals surface area contributed by atoms with E-state index in [1.807, 2.05) is 12.1 Å². The predicted molar refractivity (Wildman–Crippen MR) is 50.6 cm³/mol. The van der Waals surface area contributed by atoms with E-state index in [2.05, 4.69) is 11.9 Å². The van der Waals surface area contributed by atoms with Crippen LogP contribution in [0.1, 0.15) is 12.5 Å². The van der Waals surface area contributed by atoms with E-state index < -0.39 is 0 Å². The van der Waals surface area contributed by atoms with Crippen molar-refractivity contribution >= 4 is 5.82 Å². The zero-order chi connectivity index (χ0) is 8.97. The molecule has 3 heteroatoms. The monoisotopic (exact) mass is 165 g/mol. The van der Waals surface area contributed by atoms with Gasteiger partial charge in [-0.3, -0.25) is 0 Å². The lowest BCUT2D eigenvalue weighted by Crippen LogP contribution is -2.14. The van der Waals surface area contributed by atoms with Crippen molar-refractivity contribution in [3.63, 3.8) is 0 Å². The molecule has 3 nitrogen and oxygen atoms in total. The van der Waals surface area contributed by atoms with E-state index in [9.17, 15) is 0 Å². The third-order valence-corrected chi connectivity index (χ3v) is 1.90. The third-order valence-electron chi connectivity index (χ3n) is 1.90. The van der Waals surface area contributed by atoms with Crippen molar-refractivity contribution < 1.29 is 0 Å². The van der Waals surface area contributed by atoms with Crippen molar-refractivity contribution in [2.75, 3.05) is 12.3 Å². The summed E-state index contributed by atoms with van der Waals surface area (Å²) in [6.45, 7) is 2.79. The molecule has 1 atom stereocenters. The molecule has 0 bridgehead atoms. The summed E-state index contributed by atoms with van der Waals surface area (Å²) in [5.41, 5.74) is 12.3. The molecule has 1 unspecified atom stereocenters. The molecule has 0 spiro atoms. The number of pyridine rings is 1. The Morgan fingerprint density at radius 3 is 2.92 bits per heavy atom. The predicted octanol–water partition coefficient (Wildman–Crippen LogP) is 0.801. The largest absolute Gasteiger partial charge is 0.383 e. The van der Waals surface area contributed by atoms with E-state index in [-0.39, 0.29) is 0 Å². The number of hydrogen-bond donors (Lipinski definition) is 2. The van der Waals surface area contributed by atoms with Crippen LogP contribution in [-0.2, 0) is 6.42 Å². The van der Waals surface area contributed by atoms with E-state index in [0.717, 1.165) is 12.0 Å². The van der Waals surface area contributed by atoms with Crippen LogP contribution in [0.3, 0.4) is 0 Å². The van der Waals surface area contributed by atoms with Gasteiger partial charge in [0.2, 0.25) is 0 Å². The molecule has 1 aromatic heterocycles. The summed E-state index contributed by atoms with van der Waals surface area (Å²) in [4.78, 5) is 4.00. The first-order valence-corrected chi connectivity index (χ1v) is 4.13. The molecule has 0 saturated heterocycles. The highest BCUT2D eigenvalue weighted by Gasteiger charge is 2.03. The van der Waals surface area contributed by atoms with Crippen LogP contribution in [0.25, 0.3) is 0 Å². The summed E-state index contributed by atoms with van der Waals surface area (Å²) in [6.07, 6.45) is 2.61. The Hall–Kier alpha value is -1.09. The van der Waals surface area contributed by atoms with Gasteiger partial charge in [-0.15, -0.1) is 0 Å². The van der Waals surface area contributed by atoms with Crippen molar-refractivity contribution in [3.8, 4) is 0 Å². The van der Waals surface area contributed by atoms with Gasteiger partial charge >= 0.3 is 0 Å². The highest BCUT2D eigenvalue weighted by molar-refractivity contribution is 5.38. The van der Waals surface area contributed by atoms with Crippen LogP contribution >= 0.6 is 0 Å². The summed E-state index contributed by atoms with van der Waals surface area (Å²) in [7, 11) is 0. The first kappa shape index (κ1) is 9.00. The molecule has 66 valence electrons. The summed E-state index contributed by atoms with van der Waals surface area (Å²) in [5, 5.41) is 0. The number of hydrogen-bond acceptors (Lipinski definition) is 3. The molecule has 0 amide bonds. The number of nitrogens with zero attached hydrogens (tertiary/aromatic N) is 1. The Kier molecular flexibility index (Phi) is 3.05. The summed E-state index contributed by atoms with van der Waals surface area (Å²) in [6, 6.07) is 3.89. The highest BCUT2D eigenvalue weighted by atomic mass is 14.8. The van der Waals surface area contributed by atoms with E-state index >= 15 is 0 Å². The quantitative estimate of drug-likeness (QED) is 0.696. The summed E-state index contributed by atoms with van der Waals surface area (Å²) < 4.78 is 0. The fraction of sp³-hybridized carbons (Fsp3) is 0.444. The minimum absolute atomic E-state index is 0.469. The van der Waals surface area contributed by atoms with Gasteiger partial charge in [0.15, 0.2) is 0 Å². The minimum atomic E-state index is 0.469. The average Bonchev–Trinajstić information content (AvgIpc) is 2.09. The summed E-state index contributed by atoms with van der Waals surface area (Å²) >= 11 is 0. The number of nitrogen functional groups attached to an aromatic ring is 1. The lowest BCUT2D eigenvalue weighted by Gasteiger charge is -2.09. The smallest absolute Gasteiger partial charge is 0.126 e. The van der Waals surface area contributed by atoms with Crippen molar-refractivity contribution in [1.82, 2.24) is 4.98 Å². The molecule has 4 N–H and O–H groups in total. The Bertz CT molecular complexity index is 247. The van der Waals surface area contributed by atoms with Crippen LogP contribution in [0.15, 0.2) is 18.3 Å². The average molecular weight is 165 g/mol. The van der Waals surface area contributed by atoms with Crippen molar-refractivity contribution in [2.45, 2.75) is 13.3 Å². The maximum Gasteiger partial charge on any atom is 0.126 e. The van der Waals surface area contributed by atoms with Gasteiger partial charge in [0, 0.05) is 6.20 Å². The van der Waals surface area contributed by atoms with Crippen molar-refractivity contribution in [2.24, 2.45) is 11.7 Å². The van der Waals surface area contributed by atoms with Crippen molar-refractivity contribution in [3.05, 3.63) is 23.9 Å². The Labute approximate surface area is 72.8 Å². The third kappa shape index (κ3) is 2.20. The SMILES string of the molecule is CC(CN)Cc1cccnc1N. The molecule has 1 heterocycles. The zero-order valence-corrected chi connectivity index (χ0v) is 7.33. The Morgan fingerprint density at radius 1 is 1.58 bits per heavy atom. The second kappa shape index (κ2) is 4.07.